The first-order valence-corrected chi connectivity index (χ1v) is 11.9. The van der Waals surface area contributed by atoms with E-state index in [2.05, 4.69) is 15.4 Å². The number of aromatic nitrogens is 1. The molecule has 33 heavy (non-hydrogen) atoms. The molecule has 9 heteroatoms. The van der Waals surface area contributed by atoms with Crippen molar-refractivity contribution >= 4 is 23.4 Å². The SMILES string of the molecule is CN(C)C(=O)C1CN(C2CCCCC2)CCC1NC(=O)c1cc(-c2ccc(Cl)cc2F)on1. The van der Waals surface area contributed by atoms with Crippen LogP contribution in [0.15, 0.2) is 28.8 Å². The second-order valence-corrected chi connectivity index (χ2v) is 9.63. The normalized spacial score (nSPS) is 22.2. The summed E-state index contributed by atoms with van der Waals surface area (Å²) in [4.78, 5) is 29.9. The summed E-state index contributed by atoms with van der Waals surface area (Å²) < 4.78 is 19.4. The number of nitrogens with one attached hydrogen (secondary N) is 1. The minimum atomic E-state index is -0.558. The number of hydrogen-bond donors (Lipinski definition) is 1. The molecule has 1 aromatic carbocycles. The maximum atomic E-state index is 14.2. The summed E-state index contributed by atoms with van der Waals surface area (Å²) >= 11 is 5.80. The molecule has 2 fully saturated rings. The molecule has 1 aliphatic carbocycles. The number of carbonyl (C=O) groups is 2. The second kappa shape index (κ2) is 10.2. The van der Waals surface area contributed by atoms with Gasteiger partial charge in [-0.15, -0.1) is 0 Å². The van der Waals surface area contributed by atoms with Gasteiger partial charge in [0, 0.05) is 50.4 Å². The Balaban J connectivity index is 1.47. The van der Waals surface area contributed by atoms with E-state index in [0.717, 1.165) is 6.54 Å². The van der Waals surface area contributed by atoms with Gasteiger partial charge in [0.15, 0.2) is 11.5 Å². The number of rotatable bonds is 5. The van der Waals surface area contributed by atoms with Gasteiger partial charge in [0.2, 0.25) is 5.91 Å². The molecule has 1 saturated carbocycles. The Morgan fingerprint density at radius 3 is 2.64 bits per heavy atom. The van der Waals surface area contributed by atoms with Crippen molar-refractivity contribution in [1.29, 1.82) is 0 Å². The monoisotopic (exact) mass is 476 g/mol. The number of halogens is 2. The molecule has 2 aromatic rings. The Morgan fingerprint density at radius 2 is 1.94 bits per heavy atom. The third-order valence-corrected chi connectivity index (χ3v) is 6.98. The van der Waals surface area contributed by atoms with Crippen LogP contribution in [0.3, 0.4) is 0 Å². The predicted octanol–water partition coefficient (Wildman–Crippen LogP) is 3.98. The molecular formula is C24H30ClFN4O3. The number of nitrogens with zero attached hydrogens (tertiary/aromatic N) is 3. The van der Waals surface area contributed by atoms with Gasteiger partial charge in [-0.1, -0.05) is 36.0 Å². The summed E-state index contributed by atoms with van der Waals surface area (Å²) in [6, 6.07) is 5.81. The molecule has 0 radical (unpaired) electrons. The standard InChI is InChI=1S/C24H30ClFN4O3/c1-29(2)24(32)18-14-30(16-6-4-3-5-7-16)11-10-20(18)27-23(31)21-13-22(33-28-21)17-9-8-15(25)12-19(17)26/h8-9,12-13,16,18,20H,3-7,10-11,14H2,1-2H3,(H,27,31). The number of amides is 2. The van der Waals surface area contributed by atoms with E-state index in [1.165, 1.54) is 50.3 Å². The summed E-state index contributed by atoms with van der Waals surface area (Å²) in [5, 5.41) is 7.07. The van der Waals surface area contributed by atoms with E-state index in [9.17, 15) is 14.0 Å². The highest BCUT2D eigenvalue weighted by molar-refractivity contribution is 6.30. The Labute approximate surface area is 198 Å². The molecule has 4 rings (SSSR count). The van der Waals surface area contributed by atoms with Gasteiger partial charge in [-0.3, -0.25) is 14.5 Å². The Bertz CT molecular complexity index is 1010. The van der Waals surface area contributed by atoms with Gasteiger partial charge < -0.3 is 14.7 Å². The Kier molecular flexibility index (Phi) is 7.34. The van der Waals surface area contributed by atoms with Crippen LogP contribution in [0.2, 0.25) is 5.02 Å². The molecule has 1 saturated heterocycles. The highest BCUT2D eigenvalue weighted by Crippen LogP contribution is 2.29. The molecule has 2 aliphatic rings. The summed E-state index contributed by atoms with van der Waals surface area (Å²) in [6.45, 7) is 1.47. The van der Waals surface area contributed by atoms with Crippen molar-refractivity contribution in [3.8, 4) is 11.3 Å². The maximum Gasteiger partial charge on any atom is 0.273 e. The molecule has 1 aromatic heterocycles. The smallest absolute Gasteiger partial charge is 0.273 e. The number of hydrogen-bond acceptors (Lipinski definition) is 5. The van der Waals surface area contributed by atoms with Crippen molar-refractivity contribution in [2.45, 2.75) is 50.6 Å². The predicted molar refractivity (Wildman–Crippen MR) is 123 cm³/mol. The molecule has 1 aliphatic heterocycles. The quantitative estimate of drug-likeness (QED) is 0.706. The first kappa shape index (κ1) is 23.7. The fourth-order valence-electron chi connectivity index (χ4n) is 4.95. The average Bonchev–Trinajstić information content (AvgIpc) is 3.29. The molecule has 2 heterocycles. The topological polar surface area (TPSA) is 78.7 Å². The lowest BCUT2D eigenvalue weighted by Gasteiger charge is -2.43. The molecule has 2 amide bonds. The number of piperidine rings is 1. The van der Waals surface area contributed by atoms with Crippen LogP contribution >= 0.6 is 11.6 Å². The van der Waals surface area contributed by atoms with Crippen LogP contribution in [0.25, 0.3) is 11.3 Å². The van der Waals surface area contributed by atoms with Crippen molar-refractivity contribution in [3.05, 3.63) is 40.8 Å². The summed E-state index contributed by atoms with van der Waals surface area (Å²) in [7, 11) is 3.48. The van der Waals surface area contributed by atoms with Crippen LogP contribution in [0.1, 0.15) is 49.0 Å². The zero-order chi connectivity index (χ0) is 23.5. The lowest BCUT2D eigenvalue weighted by Crippen LogP contribution is -2.57. The zero-order valence-corrected chi connectivity index (χ0v) is 19.8. The first-order chi connectivity index (χ1) is 15.8. The molecule has 178 valence electrons. The van der Waals surface area contributed by atoms with Crippen LogP contribution in [0.5, 0.6) is 0 Å². The van der Waals surface area contributed by atoms with Gasteiger partial charge in [0.1, 0.15) is 5.82 Å². The van der Waals surface area contributed by atoms with Gasteiger partial charge in [-0.05, 0) is 37.5 Å². The maximum absolute atomic E-state index is 14.2. The van der Waals surface area contributed by atoms with Gasteiger partial charge in [-0.2, -0.15) is 0 Å². The molecule has 7 nitrogen and oxygen atoms in total. The van der Waals surface area contributed by atoms with E-state index in [4.69, 9.17) is 16.1 Å². The van der Waals surface area contributed by atoms with Crippen molar-refractivity contribution in [2.75, 3.05) is 27.2 Å². The van der Waals surface area contributed by atoms with Crippen molar-refractivity contribution in [3.63, 3.8) is 0 Å². The fourth-order valence-corrected chi connectivity index (χ4v) is 5.11. The van der Waals surface area contributed by atoms with E-state index in [0.29, 0.717) is 19.0 Å². The van der Waals surface area contributed by atoms with Crippen molar-refractivity contribution < 1.29 is 18.5 Å². The van der Waals surface area contributed by atoms with Crippen LogP contribution in [-0.2, 0) is 4.79 Å². The van der Waals surface area contributed by atoms with E-state index in [-0.39, 0.29) is 39.9 Å². The number of likely N-dealkylation sites (tertiary alicyclic amines) is 1. The highest BCUT2D eigenvalue weighted by atomic mass is 35.5. The third-order valence-electron chi connectivity index (χ3n) is 6.75. The summed E-state index contributed by atoms with van der Waals surface area (Å²) in [6.07, 6.45) is 6.77. The van der Waals surface area contributed by atoms with Crippen molar-refractivity contribution in [1.82, 2.24) is 20.3 Å². The van der Waals surface area contributed by atoms with Crippen molar-refractivity contribution in [2.24, 2.45) is 5.92 Å². The van der Waals surface area contributed by atoms with E-state index in [1.54, 1.807) is 25.1 Å². The van der Waals surface area contributed by atoms with Gasteiger partial charge in [0.25, 0.3) is 5.91 Å². The zero-order valence-electron chi connectivity index (χ0n) is 19.0. The number of benzene rings is 1. The minimum Gasteiger partial charge on any atom is -0.355 e. The Morgan fingerprint density at radius 1 is 1.18 bits per heavy atom. The lowest BCUT2D eigenvalue weighted by molar-refractivity contribution is -0.136. The lowest BCUT2D eigenvalue weighted by atomic mass is 9.86. The largest absolute Gasteiger partial charge is 0.355 e. The van der Waals surface area contributed by atoms with Gasteiger partial charge in [-0.25, -0.2) is 4.39 Å². The molecule has 2 unspecified atom stereocenters. The van der Waals surface area contributed by atoms with E-state index < -0.39 is 11.7 Å². The molecule has 1 N–H and O–H groups in total. The van der Waals surface area contributed by atoms with Crippen LogP contribution in [0.4, 0.5) is 4.39 Å². The van der Waals surface area contributed by atoms with E-state index in [1.807, 2.05) is 0 Å². The van der Waals surface area contributed by atoms with E-state index >= 15 is 0 Å². The van der Waals surface area contributed by atoms with Gasteiger partial charge >= 0.3 is 0 Å². The second-order valence-electron chi connectivity index (χ2n) is 9.20. The molecule has 2 atom stereocenters. The fraction of sp³-hybridized carbons (Fsp3) is 0.542. The van der Waals surface area contributed by atoms with Crippen LogP contribution < -0.4 is 5.32 Å². The molecule has 0 spiro atoms. The molecule has 0 bridgehead atoms. The number of carbonyl (C=O) groups excluding carboxylic acids is 2. The Hall–Kier alpha value is -2.45. The van der Waals surface area contributed by atoms with Crippen LogP contribution in [-0.4, -0.2) is 66.0 Å². The third kappa shape index (κ3) is 5.38. The first-order valence-electron chi connectivity index (χ1n) is 11.5. The minimum absolute atomic E-state index is 0.00452. The molecular weight excluding hydrogens is 447 g/mol. The highest BCUT2D eigenvalue weighted by Gasteiger charge is 2.38. The average molecular weight is 477 g/mol. The summed E-state index contributed by atoms with van der Waals surface area (Å²) in [5.74, 6) is -1.18. The van der Waals surface area contributed by atoms with Crippen LogP contribution in [0, 0.1) is 11.7 Å². The van der Waals surface area contributed by atoms with Gasteiger partial charge in [0.05, 0.1) is 11.5 Å². The summed E-state index contributed by atoms with van der Waals surface area (Å²) in [5.41, 5.74) is 0.220.